The molecule has 1 aromatic heterocycles. The fraction of sp³-hybridized carbons (Fsp3) is 0.444. The average Bonchev–Trinajstić information content (AvgIpc) is 3.17. The largest absolute Gasteiger partial charge is 0.411 e. The summed E-state index contributed by atoms with van der Waals surface area (Å²) in [7, 11) is -0.816. The number of hydrogen-bond acceptors (Lipinski definition) is 9. The minimum atomic E-state index is -2.29. The van der Waals surface area contributed by atoms with Crippen LogP contribution in [-0.2, 0) is 20.9 Å². The molecule has 162 valence electrons. The van der Waals surface area contributed by atoms with Crippen molar-refractivity contribution in [1.29, 1.82) is 0 Å². The number of carbonyl (C=O) groups is 1. The molecule has 12 heteroatoms. The molecule has 1 amide bonds. The Balaban J connectivity index is 1.56. The highest BCUT2D eigenvalue weighted by molar-refractivity contribution is 7.92. The Bertz CT molecular complexity index is 1080. The summed E-state index contributed by atoms with van der Waals surface area (Å²) in [6, 6.07) is 4.63. The molecule has 3 N–H and O–H groups in total. The molecule has 1 aromatic carbocycles. The Morgan fingerprint density at radius 3 is 2.97 bits per heavy atom. The van der Waals surface area contributed by atoms with Crippen LogP contribution in [0.2, 0.25) is 0 Å². The maximum absolute atomic E-state index is 13.5. The predicted octanol–water partition coefficient (Wildman–Crippen LogP) is 1.37. The SMILES string of the molecule is CN=S(C)(=O)CCNC(=O)CNc1nonc1/C(C[C@H]1Cc2ccc(F)cc21)=N/O. The zero-order valence-corrected chi connectivity index (χ0v) is 17.4. The number of fused-ring (bicyclic) bond motifs is 1. The van der Waals surface area contributed by atoms with Gasteiger partial charge >= 0.3 is 0 Å². The van der Waals surface area contributed by atoms with Crippen LogP contribution in [0, 0.1) is 5.82 Å². The molecule has 0 radical (unpaired) electrons. The van der Waals surface area contributed by atoms with E-state index in [-0.39, 0.29) is 53.7 Å². The van der Waals surface area contributed by atoms with E-state index < -0.39 is 9.73 Å². The van der Waals surface area contributed by atoms with Gasteiger partial charge in [-0.25, -0.2) is 17.6 Å². The molecule has 0 saturated carbocycles. The molecule has 0 saturated heterocycles. The van der Waals surface area contributed by atoms with Gasteiger partial charge < -0.3 is 15.8 Å². The van der Waals surface area contributed by atoms with E-state index in [0.29, 0.717) is 6.42 Å². The number of hydrogen-bond donors (Lipinski definition) is 3. The molecule has 0 spiro atoms. The molecular weight excluding hydrogens is 415 g/mol. The lowest BCUT2D eigenvalue weighted by Gasteiger charge is -2.30. The van der Waals surface area contributed by atoms with Crippen molar-refractivity contribution < 1.29 is 23.2 Å². The van der Waals surface area contributed by atoms with Crippen LogP contribution in [0.15, 0.2) is 32.3 Å². The van der Waals surface area contributed by atoms with Gasteiger partial charge in [-0.3, -0.25) is 4.79 Å². The van der Waals surface area contributed by atoms with E-state index in [4.69, 9.17) is 4.63 Å². The predicted molar refractivity (Wildman–Crippen MR) is 109 cm³/mol. The third-order valence-corrected chi connectivity index (χ3v) is 6.68. The number of carbonyl (C=O) groups excluding carboxylic acids is 1. The first kappa shape index (κ1) is 21.7. The second-order valence-corrected chi connectivity index (χ2v) is 9.70. The van der Waals surface area contributed by atoms with Gasteiger partial charge in [0, 0.05) is 41.8 Å². The van der Waals surface area contributed by atoms with Gasteiger partial charge in [-0.1, -0.05) is 11.2 Å². The standard InChI is InChI=1S/C18H23FN6O4S/c1-20-30(2,28)6-5-21-16(26)10-22-18-17(24-29-25-18)15(23-27)8-12-7-11-3-4-13(19)9-14(11)12/h3-4,9,12,27H,5-8,10H2,1-2H3,(H,21,26)(H,22,25)/b23-15+/t12-,30?/m1/s1. The van der Waals surface area contributed by atoms with Gasteiger partial charge in [0.05, 0.1) is 6.54 Å². The normalized spacial score (nSPS) is 17.4. The van der Waals surface area contributed by atoms with Crippen LogP contribution in [0.25, 0.3) is 0 Å². The van der Waals surface area contributed by atoms with E-state index in [1.807, 2.05) is 0 Å². The van der Waals surface area contributed by atoms with Gasteiger partial charge in [0.1, 0.15) is 11.5 Å². The third-order valence-electron chi connectivity index (χ3n) is 4.94. The Kier molecular flexibility index (Phi) is 6.65. The fourth-order valence-electron chi connectivity index (χ4n) is 3.17. The molecule has 2 atom stereocenters. The van der Waals surface area contributed by atoms with Crippen molar-refractivity contribution in [3.05, 3.63) is 40.8 Å². The number of oxime groups is 1. The van der Waals surface area contributed by atoms with Crippen LogP contribution in [0.3, 0.4) is 0 Å². The van der Waals surface area contributed by atoms with Crippen LogP contribution in [0.1, 0.15) is 29.2 Å². The van der Waals surface area contributed by atoms with E-state index in [9.17, 15) is 18.6 Å². The van der Waals surface area contributed by atoms with Crippen LogP contribution in [0.5, 0.6) is 0 Å². The molecule has 30 heavy (non-hydrogen) atoms. The highest BCUT2D eigenvalue weighted by atomic mass is 32.2. The minimum absolute atomic E-state index is 0.0117. The third kappa shape index (κ3) is 5.12. The molecule has 1 unspecified atom stereocenters. The fourth-order valence-corrected chi connectivity index (χ4v) is 3.83. The second-order valence-electron chi connectivity index (χ2n) is 7.01. The van der Waals surface area contributed by atoms with Crippen LogP contribution in [-0.4, -0.2) is 63.5 Å². The molecule has 0 aliphatic heterocycles. The van der Waals surface area contributed by atoms with E-state index >= 15 is 0 Å². The van der Waals surface area contributed by atoms with E-state index in [1.165, 1.54) is 25.4 Å². The lowest BCUT2D eigenvalue weighted by molar-refractivity contribution is -0.119. The first-order valence-electron chi connectivity index (χ1n) is 9.23. The highest BCUT2D eigenvalue weighted by Gasteiger charge is 2.30. The van der Waals surface area contributed by atoms with Gasteiger partial charge in [0.25, 0.3) is 0 Å². The smallest absolute Gasteiger partial charge is 0.239 e. The van der Waals surface area contributed by atoms with Crippen molar-refractivity contribution in [2.24, 2.45) is 9.52 Å². The molecule has 0 fully saturated rings. The molecule has 1 aliphatic carbocycles. The van der Waals surface area contributed by atoms with Crippen LogP contribution in [0.4, 0.5) is 10.2 Å². The Labute approximate surface area is 173 Å². The van der Waals surface area contributed by atoms with Gasteiger partial charge in [0.2, 0.25) is 11.7 Å². The van der Waals surface area contributed by atoms with Crippen molar-refractivity contribution in [2.45, 2.75) is 18.8 Å². The number of nitrogens with zero attached hydrogens (tertiary/aromatic N) is 4. The van der Waals surface area contributed by atoms with Crippen molar-refractivity contribution >= 4 is 27.2 Å². The number of rotatable bonds is 9. The number of benzene rings is 1. The van der Waals surface area contributed by atoms with Crippen LogP contribution >= 0.6 is 0 Å². The number of nitrogens with one attached hydrogen (secondary N) is 2. The Hall–Kier alpha value is -3.02. The first-order chi connectivity index (χ1) is 14.3. The monoisotopic (exact) mass is 438 g/mol. The minimum Gasteiger partial charge on any atom is -0.411 e. The summed E-state index contributed by atoms with van der Waals surface area (Å²) >= 11 is 0. The molecule has 10 nitrogen and oxygen atoms in total. The molecule has 0 bridgehead atoms. The molecule has 3 rings (SSSR count). The zero-order valence-electron chi connectivity index (χ0n) is 16.6. The summed E-state index contributed by atoms with van der Waals surface area (Å²) in [5.41, 5.74) is 2.32. The lowest BCUT2D eigenvalue weighted by Crippen LogP contribution is -2.33. The van der Waals surface area contributed by atoms with Crippen LogP contribution < -0.4 is 10.6 Å². The van der Waals surface area contributed by atoms with Crippen molar-refractivity contribution in [3.63, 3.8) is 0 Å². The van der Waals surface area contributed by atoms with E-state index in [0.717, 1.165) is 17.5 Å². The van der Waals surface area contributed by atoms with E-state index in [2.05, 4.69) is 30.5 Å². The van der Waals surface area contributed by atoms with Gasteiger partial charge in [-0.2, -0.15) is 0 Å². The first-order valence-corrected chi connectivity index (χ1v) is 11.3. The summed E-state index contributed by atoms with van der Waals surface area (Å²) in [5.74, 6) is -0.275. The number of anilines is 1. The maximum Gasteiger partial charge on any atom is 0.239 e. The summed E-state index contributed by atoms with van der Waals surface area (Å²) in [6.45, 7) is 0.0870. The number of aromatic nitrogens is 2. The summed E-state index contributed by atoms with van der Waals surface area (Å²) in [5, 5.41) is 25.6. The Morgan fingerprint density at radius 1 is 1.43 bits per heavy atom. The topological polar surface area (TPSA) is 142 Å². The lowest BCUT2D eigenvalue weighted by atomic mass is 9.74. The molecular formula is C18H23FN6O4S. The second kappa shape index (κ2) is 9.20. The van der Waals surface area contributed by atoms with Crippen molar-refractivity contribution in [3.8, 4) is 0 Å². The summed E-state index contributed by atoms with van der Waals surface area (Å²) in [4.78, 5) is 12.0. The van der Waals surface area contributed by atoms with Crippen molar-refractivity contribution in [2.75, 3.05) is 37.5 Å². The van der Waals surface area contributed by atoms with E-state index in [1.54, 1.807) is 6.07 Å². The highest BCUT2D eigenvalue weighted by Crippen LogP contribution is 2.39. The van der Waals surface area contributed by atoms with Gasteiger partial charge in [0.15, 0.2) is 5.69 Å². The Morgan fingerprint density at radius 2 is 2.23 bits per heavy atom. The summed E-state index contributed by atoms with van der Waals surface area (Å²) in [6.07, 6.45) is 2.57. The molecule has 2 aromatic rings. The molecule has 1 heterocycles. The average molecular weight is 438 g/mol. The maximum atomic E-state index is 13.5. The zero-order chi connectivity index (χ0) is 21.7. The number of halogens is 1. The quantitative estimate of drug-likeness (QED) is 0.305. The van der Waals surface area contributed by atoms with Gasteiger partial charge in [-0.05, 0) is 45.9 Å². The molecule has 1 aliphatic rings. The number of amides is 1. The summed E-state index contributed by atoms with van der Waals surface area (Å²) < 4.78 is 33.8. The van der Waals surface area contributed by atoms with Crippen molar-refractivity contribution in [1.82, 2.24) is 15.6 Å². The van der Waals surface area contributed by atoms with Gasteiger partial charge in [-0.15, -0.1) is 0 Å².